The predicted octanol–water partition coefficient (Wildman–Crippen LogP) is 2.66. The SMILES string of the molecule is Fc1cnc(OC2CCN(Cc3ccccc3)CC2)nc1. The van der Waals surface area contributed by atoms with Crippen molar-refractivity contribution in [3.05, 3.63) is 54.1 Å². The number of aromatic nitrogens is 2. The summed E-state index contributed by atoms with van der Waals surface area (Å²) in [5, 5.41) is 0. The molecule has 3 rings (SSSR count). The molecule has 0 radical (unpaired) electrons. The van der Waals surface area contributed by atoms with E-state index in [2.05, 4.69) is 39.1 Å². The topological polar surface area (TPSA) is 38.2 Å². The van der Waals surface area contributed by atoms with Crippen LogP contribution in [0, 0.1) is 5.82 Å². The Labute approximate surface area is 123 Å². The summed E-state index contributed by atoms with van der Waals surface area (Å²) >= 11 is 0. The van der Waals surface area contributed by atoms with Gasteiger partial charge in [0.2, 0.25) is 0 Å². The summed E-state index contributed by atoms with van der Waals surface area (Å²) < 4.78 is 18.4. The number of likely N-dealkylation sites (tertiary alicyclic amines) is 1. The molecule has 0 aliphatic carbocycles. The fourth-order valence-electron chi connectivity index (χ4n) is 2.54. The van der Waals surface area contributed by atoms with Gasteiger partial charge in [-0.15, -0.1) is 0 Å². The molecule has 1 fully saturated rings. The van der Waals surface area contributed by atoms with Gasteiger partial charge in [-0.1, -0.05) is 30.3 Å². The second-order valence-electron chi connectivity index (χ2n) is 5.26. The molecule has 1 aromatic carbocycles. The van der Waals surface area contributed by atoms with Gasteiger partial charge in [-0.2, -0.15) is 0 Å². The molecule has 1 aliphatic heterocycles. The summed E-state index contributed by atoms with van der Waals surface area (Å²) in [4.78, 5) is 10.1. The van der Waals surface area contributed by atoms with Crippen LogP contribution in [0.15, 0.2) is 42.7 Å². The van der Waals surface area contributed by atoms with Gasteiger partial charge in [0.15, 0.2) is 5.82 Å². The van der Waals surface area contributed by atoms with Gasteiger partial charge in [0, 0.05) is 19.6 Å². The van der Waals surface area contributed by atoms with Crippen LogP contribution in [0.1, 0.15) is 18.4 Å². The van der Waals surface area contributed by atoms with Crippen LogP contribution in [0.5, 0.6) is 6.01 Å². The molecule has 0 spiro atoms. The van der Waals surface area contributed by atoms with Gasteiger partial charge in [-0.3, -0.25) is 4.90 Å². The highest BCUT2D eigenvalue weighted by Crippen LogP contribution is 2.17. The zero-order valence-corrected chi connectivity index (χ0v) is 11.8. The highest BCUT2D eigenvalue weighted by Gasteiger charge is 2.21. The van der Waals surface area contributed by atoms with E-state index in [1.807, 2.05) is 6.07 Å². The Balaban J connectivity index is 1.47. The summed E-state index contributed by atoms with van der Waals surface area (Å²) in [5.41, 5.74) is 1.33. The standard InChI is InChI=1S/C16H18FN3O/c17-14-10-18-16(19-11-14)21-15-6-8-20(9-7-15)12-13-4-2-1-3-5-13/h1-5,10-11,15H,6-9,12H2. The van der Waals surface area contributed by atoms with Crippen LogP contribution in [-0.4, -0.2) is 34.1 Å². The van der Waals surface area contributed by atoms with Gasteiger partial charge in [-0.25, -0.2) is 14.4 Å². The highest BCUT2D eigenvalue weighted by atomic mass is 19.1. The Hall–Kier alpha value is -2.01. The van der Waals surface area contributed by atoms with E-state index >= 15 is 0 Å². The van der Waals surface area contributed by atoms with Crippen molar-refractivity contribution in [3.8, 4) is 6.01 Å². The van der Waals surface area contributed by atoms with Crippen LogP contribution in [0.2, 0.25) is 0 Å². The van der Waals surface area contributed by atoms with Crippen molar-refractivity contribution in [3.63, 3.8) is 0 Å². The molecule has 21 heavy (non-hydrogen) atoms. The molecule has 110 valence electrons. The first-order valence-electron chi connectivity index (χ1n) is 7.20. The van der Waals surface area contributed by atoms with E-state index < -0.39 is 5.82 Å². The van der Waals surface area contributed by atoms with Crippen molar-refractivity contribution in [2.24, 2.45) is 0 Å². The third-order valence-corrected chi connectivity index (χ3v) is 3.65. The minimum absolute atomic E-state index is 0.113. The molecule has 0 saturated carbocycles. The molecule has 0 unspecified atom stereocenters. The lowest BCUT2D eigenvalue weighted by Crippen LogP contribution is -2.38. The number of halogens is 1. The van der Waals surface area contributed by atoms with E-state index in [-0.39, 0.29) is 12.1 Å². The molecule has 2 aromatic rings. The molecule has 1 aromatic heterocycles. The van der Waals surface area contributed by atoms with Gasteiger partial charge in [0.05, 0.1) is 12.4 Å². The number of benzene rings is 1. The fourth-order valence-corrected chi connectivity index (χ4v) is 2.54. The molecule has 0 atom stereocenters. The Bertz CT molecular complexity index is 553. The van der Waals surface area contributed by atoms with Gasteiger partial charge in [-0.05, 0) is 18.4 Å². The van der Waals surface area contributed by atoms with E-state index in [0.29, 0.717) is 0 Å². The Morgan fingerprint density at radius 1 is 1.10 bits per heavy atom. The van der Waals surface area contributed by atoms with Crippen molar-refractivity contribution in [1.82, 2.24) is 14.9 Å². The maximum absolute atomic E-state index is 12.7. The number of nitrogens with zero attached hydrogens (tertiary/aromatic N) is 3. The molecule has 1 aliphatic rings. The van der Waals surface area contributed by atoms with E-state index in [1.54, 1.807) is 0 Å². The zero-order valence-electron chi connectivity index (χ0n) is 11.8. The maximum atomic E-state index is 12.7. The van der Waals surface area contributed by atoms with E-state index in [9.17, 15) is 4.39 Å². The molecular formula is C16H18FN3O. The maximum Gasteiger partial charge on any atom is 0.316 e. The average Bonchev–Trinajstić information content (AvgIpc) is 2.53. The lowest BCUT2D eigenvalue weighted by atomic mass is 10.1. The summed E-state index contributed by atoms with van der Waals surface area (Å²) in [7, 11) is 0. The number of ether oxygens (including phenoxy) is 1. The van der Waals surface area contributed by atoms with Gasteiger partial charge < -0.3 is 4.74 Å². The monoisotopic (exact) mass is 287 g/mol. The minimum atomic E-state index is -0.444. The second-order valence-corrected chi connectivity index (χ2v) is 5.26. The van der Waals surface area contributed by atoms with E-state index in [0.717, 1.165) is 44.9 Å². The molecule has 1 saturated heterocycles. The molecular weight excluding hydrogens is 269 g/mol. The predicted molar refractivity (Wildman–Crippen MR) is 77.4 cm³/mol. The van der Waals surface area contributed by atoms with E-state index in [1.165, 1.54) is 5.56 Å². The smallest absolute Gasteiger partial charge is 0.316 e. The molecule has 0 amide bonds. The number of hydrogen-bond donors (Lipinski definition) is 0. The van der Waals surface area contributed by atoms with Crippen LogP contribution in [0.4, 0.5) is 4.39 Å². The average molecular weight is 287 g/mol. The Kier molecular flexibility index (Phi) is 4.40. The third kappa shape index (κ3) is 3.98. The van der Waals surface area contributed by atoms with Gasteiger partial charge >= 0.3 is 6.01 Å². The number of hydrogen-bond acceptors (Lipinski definition) is 4. The third-order valence-electron chi connectivity index (χ3n) is 3.65. The van der Waals surface area contributed by atoms with Crippen molar-refractivity contribution in [1.29, 1.82) is 0 Å². The first-order chi connectivity index (χ1) is 10.3. The Morgan fingerprint density at radius 2 is 1.76 bits per heavy atom. The minimum Gasteiger partial charge on any atom is -0.460 e. The highest BCUT2D eigenvalue weighted by molar-refractivity contribution is 5.14. The number of piperidine rings is 1. The second kappa shape index (κ2) is 6.63. The van der Waals surface area contributed by atoms with Crippen LogP contribution in [0.25, 0.3) is 0 Å². The van der Waals surface area contributed by atoms with Crippen molar-refractivity contribution in [2.45, 2.75) is 25.5 Å². The van der Waals surface area contributed by atoms with E-state index in [4.69, 9.17) is 4.74 Å². The normalized spacial score (nSPS) is 16.8. The lowest BCUT2D eigenvalue weighted by molar-refractivity contribution is 0.0890. The van der Waals surface area contributed by atoms with Crippen molar-refractivity contribution >= 4 is 0 Å². The largest absolute Gasteiger partial charge is 0.460 e. The van der Waals surface area contributed by atoms with Crippen LogP contribution in [-0.2, 0) is 6.54 Å². The first-order valence-corrected chi connectivity index (χ1v) is 7.20. The first kappa shape index (κ1) is 13.9. The van der Waals surface area contributed by atoms with Gasteiger partial charge in [0.25, 0.3) is 0 Å². The van der Waals surface area contributed by atoms with Crippen molar-refractivity contribution in [2.75, 3.05) is 13.1 Å². The molecule has 5 heteroatoms. The van der Waals surface area contributed by atoms with Gasteiger partial charge in [0.1, 0.15) is 6.10 Å². The summed E-state index contributed by atoms with van der Waals surface area (Å²) in [6.07, 6.45) is 4.25. The van der Waals surface area contributed by atoms with Crippen LogP contribution < -0.4 is 4.74 Å². The molecule has 4 nitrogen and oxygen atoms in total. The lowest BCUT2D eigenvalue weighted by Gasteiger charge is -2.31. The molecule has 0 bridgehead atoms. The van der Waals surface area contributed by atoms with Crippen molar-refractivity contribution < 1.29 is 9.13 Å². The number of rotatable bonds is 4. The molecule has 0 N–H and O–H groups in total. The summed E-state index contributed by atoms with van der Waals surface area (Å²) in [5.74, 6) is -0.444. The molecule has 2 heterocycles. The summed E-state index contributed by atoms with van der Waals surface area (Å²) in [6.45, 7) is 2.95. The fraction of sp³-hybridized carbons (Fsp3) is 0.375. The Morgan fingerprint density at radius 3 is 2.43 bits per heavy atom. The quantitative estimate of drug-likeness (QED) is 0.866. The van der Waals surface area contributed by atoms with Crippen LogP contribution in [0.3, 0.4) is 0 Å². The summed E-state index contributed by atoms with van der Waals surface area (Å²) in [6, 6.07) is 10.7. The van der Waals surface area contributed by atoms with Crippen LogP contribution >= 0.6 is 0 Å². The zero-order chi connectivity index (χ0) is 14.5.